The first kappa shape index (κ1) is 12.2. The van der Waals surface area contributed by atoms with Crippen LogP contribution in [0.3, 0.4) is 0 Å². The van der Waals surface area contributed by atoms with Gasteiger partial charge in [-0.25, -0.2) is 4.39 Å². The topological polar surface area (TPSA) is 46.5 Å². The Hall–Kier alpha value is -1.84. The fourth-order valence-electron chi connectivity index (χ4n) is 1.25. The van der Waals surface area contributed by atoms with Gasteiger partial charge in [0.1, 0.15) is 11.6 Å². The molecule has 1 rings (SSSR count). The minimum atomic E-state index is -0.851. The van der Waals surface area contributed by atoms with Gasteiger partial charge in [-0.1, -0.05) is 12.2 Å². The quantitative estimate of drug-likeness (QED) is 0.836. The lowest BCUT2D eigenvalue weighted by molar-refractivity contribution is -0.136. The van der Waals surface area contributed by atoms with Crippen LogP contribution in [0.2, 0.25) is 0 Å². The lowest BCUT2D eigenvalue weighted by Gasteiger charge is -2.03. The third-order valence-electron chi connectivity index (χ3n) is 2.01. The van der Waals surface area contributed by atoms with Crippen molar-refractivity contribution in [3.63, 3.8) is 0 Å². The van der Waals surface area contributed by atoms with Crippen LogP contribution in [0, 0.1) is 5.82 Å². The normalized spacial score (nSPS) is 10.6. The monoisotopic (exact) mass is 224 g/mol. The van der Waals surface area contributed by atoms with E-state index in [0.29, 0.717) is 17.7 Å². The summed E-state index contributed by atoms with van der Waals surface area (Å²) >= 11 is 0. The number of rotatable bonds is 5. The second-order valence-corrected chi connectivity index (χ2v) is 3.22. The summed E-state index contributed by atoms with van der Waals surface area (Å²) in [5, 5.41) is 8.44. The Labute approximate surface area is 93.2 Å². The van der Waals surface area contributed by atoms with Crippen LogP contribution in [0.1, 0.15) is 18.4 Å². The van der Waals surface area contributed by atoms with E-state index in [1.54, 1.807) is 12.2 Å². The molecule has 86 valence electrons. The first-order valence-electron chi connectivity index (χ1n) is 4.85. The van der Waals surface area contributed by atoms with Gasteiger partial charge in [0.05, 0.1) is 7.11 Å². The van der Waals surface area contributed by atoms with Gasteiger partial charge in [0.25, 0.3) is 0 Å². The molecule has 16 heavy (non-hydrogen) atoms. The number of methoxy groups -OCH3 is 1. The van der Waals surface area contributed by atoms with Crippen molar-refractivity contribution in [2.45, 2.75) is 12.8 Å². The van der Waals surface area contributed by atoms with Crippen molar-refractivity contribution in [2.24, 2.45) is 0 Å². The van der Waals surface area contributed by atoms with Gasteiger partial charge in [0, 0.05) is 12.0 Å². The molecular weight excluding hydrogens is 211 g/mol. The second kappa shape index (κ2) is 5.90. The molecule has 0 aromatic heterocycles. The molecule has 0 aliphatic rings. The molecule has 0 unspecified atom stereocenters. The zero-order valence-electron chi connectivity index (χ0n) is 8.94. The van der Waals surface area contributed by atoms with Gasteiger partial charge in [0.2, 0.25) is 0 Å². The first-order chi connectivity index (χ1) is 7.63. The summed E-state index contributed by atoms with van der Waals surface area (Å²) in [6, 6.07) is 4.19. The highest BCUT2D eigenvalue weighted by Gasteiger charge is 2.01. The predicted molar refractivity (Wildman–Crippen MR) is 58.9 cm³/mol. The number of hydrogen-bond acceptors (Lipinski definition) is 2. The van der Waals surface area contributed by atoms with Crippen LogP contribution in [-0.4, -0.2) is 18.2 Å². The van der Waals surface area contributed by atoms with Gasteiger partial charge >= 0.3 is 5.97 Å². The van der Waals surface area contributed by atoms with Crippen molar-refractivity contribution in [1.29, 1.82) is 0 Å². The zero-order chi connectivity index (χ0) is 12.0. The Morgan fingerprint density at radius 2 is 2.31 bits per heavy atom. The second-order valence-electron chi connectivity index (χ2n) is 3.22. The number of carboxylic acids is 1. The van der Waals surface area contributed by atoms with E-state index in [4.69, 9.17) is 9.84 Å². The average Bonchev–Trinajstić information content (AvgIpc) is 2.24. The minimum Gasteiger partial charge on any atom is -0.496 e. The van der Waals surface area contributed by atoms with Crippen LogP contribution in [0.25, 0.3) is 6.08 Å². The van der Waals surface area contributed by atoms with E-state index < -0.39 is 5.97 Å². The number of carboxylic acid groups (broad SMARTS) is 1. The Morgan fingerprint density at radius 3 is 2.94 bits per heavy atom. The molecule has 0 bridgehead atoms. The molecule has 0 aliphatic heterocycles. The van der Waals surface area contributed by atoms with Crippen LogP contribution >= 0.6 is 0 Å². The minimum absolute atomic E-state index is 0.0636. The summed E-state index contributed by atoms with van der Waals surface area (Å²) in [7, 11) is 1.50. The SMILES string of the molecule is COc1ccc(F)cc1C=CCCC(=O)O. The summed E-state index contributed by atoms with van der Waals surface area (Å²) in [4.78, 5) is 10.3. The Balaban J connectivity index is 2.71. The fraction of sp³-hybridized carbons (Fsp3) is 0.250. The average molecular weight is 224 g/mol. The number of ether oxygens (including phenoxy) is 1. The van der Waals surface area contributed by atoms with Gasteiger partial charge in [0.15, 0.2) is 0 Å². The van der Waals surface area contributed by atoms with Crippen LogP contribution in [0.15, 0.2) is 24.3 Å². The number of aliphatic carboxylic acids is 1. The third kappa shape index (κ3) is 3.73. The van der Waals surface area contributed by atoms with E-state index in [1.807, 2.05) is 0 Å². The molecule has 0 saturated carbocycles. The van der Waals surface area contributed by atoms with Gasteiger partial charge < -0.3 is 9.84 Å². The van der Waals surface area contributed by atoms with Crippen molar-refractivity contribution in [3.05, 3.63) is 35.7 Å². The predicted octanol–water partition coefficient (Wildman–Crippen LogP) is 2.71. The number of hydrogen-bond donors (Lipinski definition) is 1. The lowest BCUT2D eigenvalue weighted by atomic mass is 10.1. The van der Waals surface area contributed by atoms with Crippen LogP contribution in [0.4, 0.5) is 4.39 Å². The molecule has 0 heterocycles. The molecule has 3 nitrogen and oxygen atoms in total. The van der Waals surface area contributed by atoms with Gasteiger partial charge in [-0.15, -0.1) is 0 Å². The van der Waals surface area contributed by atoms with Crippen LogP contribution in [0.5, 0.6) is 5.75 Å². The highest BCUT2D eigenvalue weighted by molar-refractivity contribution is 5.67. The highest BCUT2D eigenvalue weighted by Crippen LogP contribution is 2.20. The van der Waals surface area contributed by atoms with Crippen LogP contribution < -0.4 is 4.74 Å². The standard InChI is InChI=1S/C12H13FO3/c1-16-11-7-6-10(13)8-9(11)4-2-3-5-12(14)15/h2,4,6-8H,3,5H2,1H3,(H,14,15). The molecule has 0 atom stereocenters. The molecule has 0 radical (unpaired) electrons. The number of carbonyl (C=O) groups is 1. The zero-order valence-corrected chi connectivity index (χ0v) is 8.94. The molecule has 4 heteroatoms. The molecule has 0 spiro atoms. The van der Waals surface area contributed by atoms with Crippen molar-refractivity contribution in [1.82, 2.24) is 0 Å². The molecule has 0 saturated heterocycles. The number of benzene rings is 1. The Morgan fingerprint density at radius 1 is 1.56 bits per heavy atom. The van der Waals surface area contributed by atoms with Gasteiger partial charge in [-0.3, -0.25) is 4.79 Å². The third-order valence-corrected chi connectivity index (χ3v) is 2.01. The molecule has 0 fully saturated rings. The number of allylic oxidation sites excluding steroid dienone is 1. The fourth-order valence-corrected chi connectivity index (χ4v) is 1.25. The van der Waals surface area contributed by atoms with Crippen molar-refractivity contribution in [3.8, 4) is 5.75 Å². The van der Waals surface area contributed by atoms with Gasteiger partial charge in [-0.05, 0) is 24.6 Å². The largest absolute Gasteiger partial charge is 0.496 e. The first-order valence-corrected chi connectivity index (χ1v) is 4.85. The van der Waals surface area contributed by atoms with Crippen molar-refractivity contribution >= 4 is 12.0 Å². The van der Waals surface area contributed by atoms with Crippen molar-refractivity contribution < 1.29 is 19.0 Å². The van der Waals surface area contributed by atoms with Crippen LogP contribution in [-0.2, 0) is 4.79 Å². The van der Waals surface area contributed by atoms with E-state index in [9.17, 15) is 9.18 Å². The van der Waals surface area contributed by atoms with E-state index in [0.717, 1.165) is 0 Å². The number of halogens is 1. The molecule has 1 aromatic rings. The summed E-state index contributed by atoms with van der Waals surface area (Å²) < 4.78 is 18.0. The molecule has 0 aliphatic carbocycles. The maximum Gasteiger partial charge on any atom is 0.303 e. The lowest BCUT2D eigenvalue weighted by Crippen LogP contribution is -1.92. The Kier molecular flexibility index (Phi) is 4.51. The molecule has 0 amide bonds. The maximum atomic E-state index is 12.9. The van der Waals surface area contributed by atoms with E-state index >= 15 is 0 Å². The van der Waals surface area contributed by atoms with Gasteiger partial charge in [-0.2, -0.15) is 0 Å². The molecular formula is C12H13FO3. The van der Waals surface area contributed by atoms with E-state index in [-0.39, 0.29) is 12.2 Å². The summed E-state index contributed by atoms with van der Waals surface area (Å²) in [5.74, 6) is -0.637. The smallest absolute Gasteiger partial charge is 0.303 e. The summed E-state index contributed by atoms with van der Waals surface area (Å²) in [6.07, 6.45) is 3.82. The molecule has 1 aromatic carbocycles. The summed E-state index contributed by atoms with van der Waals surface area (Å²) in [6.45, 7) is 0. The summed E-state index contributed by atoms with van der Waals surface area (Å²) in [5.41, 5.74) is 0.605. The highest BCUT2D eigenvalue weighted by atomic mass is 19.1. The van der Waals surface area contributed by atoms with E-state index in [2.05, 4.69) is 0 Å². The molecule has 1 N–H and O–H groups in total. The Bertz CT molecular complexity index is 399. The maximum absolute atomic E-state index is 12.9. The van der Waals surface area contributed by atoms with Crippen molar-refractivity contribution in [2.75, 3.05) is 7.11 Å². The van der Waals surface area contributed by atoms with E-state index in [1.165, 1.54) is 25.3 Å².